The van der Waals surface area contributed by atoms with Crippen molar-refractivity contribution in [1.82, 2.24) is 24.5 Å². The lowest BCUT2D eigenvalue weighted by molar-refractivity contribution is 0.582. The lowest BCUT2D eigenvalue weighted by Crippen LogP contribution is -2.06. The van der Waals surface area contributed by atoms with Crippen molar-refractivity contribution in [1.29, 1.82) is 0 Å². The molecule has 0 spiro atoms. The van der Waals surface area contributed by atoms with Crippen LogP contribution < -0.4 is 0 Å². The Morgan fingerprint density at radius 2 is 2.06 bits per heavy atom. The van der Waals surface area contributed by atoms with E-state index >= 15 is 0 Å². The molecule has 0 radical (unpaired) electrons. The van der Waals surface area contributed by atoms with Crippen LogP contribution in [-0.4, -0.2) is 33.0 Å². The molecule has 2 aromatic rings. The van der Waals surface area contributed by atoms with Crippen LogP contribution in [0.1, 0.15) is 12.6 Å². The Kier molecular flexibility index (Phi) is 3.16. The first-order chi connectivity index (χ1) is 8.34. The molecule has 0 aromatic carbocycles. The van der Waals surface area contributed by atoms with E-state index in [2.05, 4.69) is 15.3 Å². The molecule has 7 nitrogen and oxygen atoms in total. The topological polar surface area (TPSA) is 82.7 Å². The number of hydrogen-bond acceptors (Lipinski definition) is 5. The maximum atomic E-state index is 11.4. The highest BCUT2D eigenvalue weighted by molar-refractivity contribution is 8.13. The van der Waals surface area contributed by atoms with Gasteiger partial charge >= 0.3 is 0 Å². The molecule has 0 N–H and O–H groups in total. The zero-order chi connectivity index (χ0) is 13.5. The third-order valence-electron chi connectivity index (χ3n) is 2.51. The van der Waals surface area contributed by atoms with Crippen LogP contribution in [0.3, 0.4) is 0 Å². The summed E-state index contributed by atoms with van der Waals surface area (Å²) >= 11 is 0. The van der Waals surface area contributed by atoms with Gasteiger partial charge in [0.05, 0.1) is 11.3 Å². The number of rotatable bonds is 3. The first-order valence-corrected chi connectivity index (χ1v) is 7.54. The summed E-state index contributed by atoms with van der Waals surface area (Å²) in [6, 6.07) is 0. The third-order valence-corrected chi connectivity index (χ3v) is 3.66. The van der Waals surface area contributed by atoms with Gasteiger partial charge in [-0.1, -0.05) is 0 Å². The van der Waals surface area contributed by atoms with Gasteiger partial charge in [-0.3, -0.25) is 9.25 Å². The molecule has 98 valence electrons. The minimum absolute atomic E-state index is 0.245. The Morgan fingerprint density at radius 1 is 1.39 bits per heavy atom. The third kappa shape index (κ3) is 2.13. The van der Waals surface area contributed by atoms with E-state index in [1.807, 2.05) is 6.92 Å². The largest absolute Gasteiger partial charge is 0.297 e. The molecule has 0 aliphatic carbocycles. The molecule has 2 rings (SSSR count). The van der Waals surface area contributed by atoms with Crippen LogP contribution in [0.4, 0.5) is 0 Å². The molecular formula is C9H12ClN5O2S. The molecule has 0 aliphatic heterocycles. The Hall–Kier alpha value is -1.41. The van der Waals surface area contributed by atoms with Gasteiger partial charge < -0.3 is 0 Å². The normalized spacial score (nSPS) is 12.0. The van der Waals surface area contributed by atoms with E-state index < -0.39 is 9.05 Å². The lowest BCUT2D eigenvalue weighted by Gasteiger charge is -2.04. The van der Waals surface area contributed by atoms with Crippen LogP contribution in [0.25, 0.3) is 11.4 Å². The Balaban J connectivity index is 2.67. The number of halogens is 1. The van der Waals surface area contributed by atoms with Crippen molar-refractivity contribution in [3.8, 4) is 11.4 Å². The molecule has 0 fully saturated rings. The number of hydrogen-bond donors (Lipinski definition) is 0. The minimum atomic E-state index is -3.90. The smallest absolute Gasteiger partial charge is 0.296 e. The van der Waals surface area contributed by atoms with E-state index in [1.54, 1.807) is 24.9 Å². The fraction of sp³-hybridized carbons (Fsp3) is 0.444. The molecule has 0 saturated carbocycles. The molecule has 0 bridgehead atoms. The van der Waals surface area contributed by atoms with Crippen molar-refractivity contribution in [2.45, 2.75) is 25.5 Å². The lowest BCUT2D eigenvalue weighted by atomic mass is 10.2. The first kappa shape index (κ1) is 13.0. The Bertz CT molecular complexity index is 688. The van der Waals surface area contributed by atoms with Crippen LogP contribution >= 0.6 is 10.7 Å². The SMILES string of the molecule is CCn1c(-c2cn(C)nc2C)nnc1S(=O)(=O)Cl. The fourth-order valence-electron chi connectivity index (χ4n) is 1.77. The molecule has 0 amide bonds. The highest BCUT2D eigenvalue weighted by Crippen LogP contribution is 2.24. The monoisotopic (exact) mass is 289 g/mol. The van der Waals surface area contributed by atoms with Crippen LogP contribution in [0, 0.1) is 6.92 Å². The molecule has 0 unspecified atom stereocenters. The van der Waals surface area contributed by atoms with Crippen molar-refractivity contribution in [3.05, 3.63) is 11.9 Å². The summed E-state index contributed by atoms with van der Waals surface area (Å²) in [6.07, 6.45) is 1.76. The van der Waals surface area contributed by atoms with Gasteiger partial charge in [-0.25, -0.2) is 8.42 Å². The first-order valence-electron chi connectivity index (χ1n) is 5.23. The van der Waals surface area contributed by atoms with Crippen molar-refractivity contribution >= 4 is 19.7 Å². The second-order valence-corrected chi connectivity index (χ2v) is 6.25. The molecule has 0 aliphatic rings. The zero-order valence-electron chi connectivity index (χ0n) is 10.1. The van der Waals surface area contributed by atoms with Gasteiger partial charge in [0.25, 0.3) is 14.2 Å². The quantitative estimate of drug-likeness (QED) is 0.785. The molecule has 18 heavy (non-hydrogen) atoms. The second kappa shape index (κ2) is 4.36. The number of aromatic nitrogens is 5. The van der Waals surface area contributed by atoms with E-state index in [9.17, 15) is 8.42 Å². The summed E-state index contributed by atoms with van der Waals surface area (Å²) in [5.41, 5.74) is 1.48. The average molecular weight is 290 g/mol. The van der Waals surface area contributed by atoms with Crippen LogP contribution in [0.2, 0.25) is 0 Å². The molecule has 0 saturated heterocycles. The van der Waals surface area contributed by atoms with Gasteiger partial charge in [0, 0.05) is 30.5 Å². The number of nitrogens with zero attached hydrogens (tertiary/aromatic N) is 5. The van der Waals surface area contributed by atoms with Crippen molar-refractivity contribution in [2.24, 2.45) is 7.05 Å². The summed E-state index contributed by atoms with van der Waals surface area (Å²) in [4.78, 5) is 0. The fourth-order valence-corrected chi connectivity index (χ4v) is 2.73. The van der Waals surface area contributed by atoms with Crippen LogP contribution in [-0.2, 0) is 22.6 Å². The predicted molar refractivity (Wildman–Crippen MR) is 65.7 cm³/mol. The molecule has 0 atom stereocenters. The van der Waals surface area contributed by atoms with Gasteiger partial charge in [0.2, 0.25) is 0 Å². The maximum absolute atomic E-state index is 11.4. The summed E-state index contributed by atoms with van der Waals surface area (Å²) in [7, 11) is 3.19. The Labute approximate surface area is 109 Å². The summed E-state index contributed by atoms with van der Waals surface area (Å²) < 4.78 is 25.8. The molecule has 2 heterocycles. The zero-order valence-corrected chi connectivity index (χ0v) is 11.7. The highest BCUT2D eigenvalue weighted by atomic mass is 35.7. The van der Waals surface area contributed by atoms with Crippen molar-refractivity contribution in [2.75, 3.05) is 0 Å². The highest BCUT2D eigenvalue weighted by Gasteiger charge is 2.23. The van der Waals surface area contributed by atoms with Gasteiger partial charge in [-0.15, -0.1) is 10.2 Å². The van der Waals surface area contributed by atoms with E-state index in [0.717, 1.165) is 11.3 Å². The Morgan fingerprint density at radius 3 is 2.50 bits per heavy atom. The summed E-state index contributed by atoms with van der Waals surface area (Å²) in [5.74, 6) is 0.447. The van der Waals surface area contributed by atoms with E-state index in [-0.39, 0.29) is 5.16 Å². The minimum Gasteiger partial charge on any atom is -0.297 e. The van der Waals surface area contributed by atoms with E-state index in [1.165, 1.54) is 4.57 Å². The molecule has 9 heteroatoms. The second-order valence-electron chi connectivity index (χ2n) is 3.79. The van der Waals surface area contributed by atoms with Crippen LogP contribution in [0.15, 0.2) is 11.4 Å². The molecule has 2 aromatic heterocycles. The standard InChI is InChI=1S/C9H12ClN5O2S/c1-4-15-8(7-5-14(3)13-6(7)2)11-12-9(15)18(10,16)17/h5H,4H2,1-3H3. The van der Waals surface area contributed by atoms with Gasteiger partial charge in [-0.05, 0) is 13.8 Å². The summed E-state index contributed by atoms with van der Waals surface area (Å²) in [6.45, 7) is 4.01. The van der Waals surface area contributed by atoms with Crippen molar-refractivity contribution < 1.29 is 8.42 Å². The van der Waals surface area contributed by atoms with Crippen LogP contribution in [0.5, 0.6) is 0 Å². The van der Waals surface area contributed by atoms with E-state index in [0.29, 0.717) is 12.4 Å². The summed E-state index contributed by atoms with van der Waals surface area (Å²) in [5, 5.41) is 11.5. The van der Waals surface area contributed by atoms with Crippen molar-refractivity contribution in [3.63, 3.8) is 0 Å². The average Bonchev–Trinajstić information content (AvgIpc) is 2.79. The predicted octanol–water partition coefficient (Wildman–Crippen LogP) is 0.934. The molecular weight excluding hydrogens is 278 g/mol. The van der Waals surface area contributed by atoms with Gasteiger partial charge in [0.1, 0.15) is 0 Å². The maximum Gasteiger partial charge on any atom is 0.296 e. The van der Waals surface area contributed by atoms with Gasteiger partial charge in [0.15, 0.2) is 5.82 Å². The van der Waals surface area contributed by atoms with E-state index in [4.69, 9.17) is 10.7 Å². The number of aryl methyl sites for hydroxylation is 2. The van der Waals surface area contributed by atoms with Gasteiger partial charge in [-0.2, -0.15) is 5.10 Å².